The molecule has 2 unspecified atom stereocenters. The first-order valence-electron chi connectivity index (χ1n) is 26.0. The van der Waals surface area contributed by atoms with Crippen molar-refractivity contribution in [1.29, 1.82) is 0 Å². The summed E-state index contributed by atoms with van der Waals surface area (Å²) in [6.07, 6.45) is 4.80. The summed E-state index contributed by atoms with van der Waals surface area (Å²) >= 11 is 0. The standard InChI is InChI=1S/C66H62BN3/c1-62(2,3)41-34-56-61-57(35-41)67-60-51(36-45(38-59(60)69(61)66(9)33-21-20-32-65(56,66)8)68(42-22-12-10-13-23-42)43-24-14-11-15-25-43)50-39-49-47-27-17-19-29-53(47)64(6,7)55(49)40-58(50)70(67)44-30-31-48-46-26-16-18-28-52(46)63(4,5)54(48)37-44/h10-19,22-31,34-40H,20-21,32-33H2,1-9H3. The maximum atomic E-state index is 2.91. The Morgan fingerprint density at radius 2 is 1.06 bits per heavy atom. The van der Waals surface area contributed by atoms with Gasteiger partial charge in [0.2, 0.25) is 0 Å². The molecular weight excluding hydrogens is 846 g/mol. The Morgan fingerprint density at radius 1 is 0.471 bits per heavy atom. The second-order valence-corrected chi connectivity index (χ2v) is 24.1. The average Bonchev–Trinajstić information content (AvgIpc) is 3.83. The van der Waals surface area contributed by atoms with E-state index in [9.17, 15) is 0 Å². The third-order valence-corrected chi connectivity index (χ3v) is 18.7. The summed E-state index contributed by atoms with van der Waals surface area (Å²) in [5.74, 6) is 0. The van der Waals surface area contributed by atoms with Gasteiger partial charge in [-0.2, -0.15) is 0 Å². The van der Waals surface area contributed by atoms with Gasteiger partial charge in [-0.05, 0) is 158 Å². The van der Waals surface area contributed by atoms with Crippen LogP contribution in [0.2, 0.25) is 0 Å². The molecule has 2 atom stereocenters. The van der Waals surface area contributed by atoms with Crippen LogP contribution in [0.1, 0.15) is 121 Å². The molecule has 3 heterocycles. The van der Waals surface area contributed by atoms with Crippen molar-refractivity contribution in [2.75, 3.05) is 14.6 Å². The number of benzene rings is 8. The Kier molecular flexibility index (Phi) is 8.41. The van der Waals surface area contributed by atoms with Gasteiger partial charge >= 0.3 is 6.85 Å². The number of hydrogen-bond donors (Lipinski definition) is 0. The Labute approximate surface area is 415 Å². The second kappa shape index (κ2) is 14.0. The highest BCUT2D eigenvalue weighted by Gasteiger charge is 2.62. The van der Waals surface area contributed by atoms with E-state index in [4.69, 9.17) is 0 Å². The lowest BCUT2D eigenvalue weighted by Gasteiger charge is -2.53. The molecule has 0 aromatic heterocycles. The minimum atomic E-state index is -0.172. The Bertz CT molecular complexity index is 3500. The monoisotopic (exact) mass is 908 g/mol. The van der Waals surface area contributed by atoms with Crippen LogP contribution >= 0.6 is 0 Å². The molecule has 0 N–H and O–H groups in total. The Balaban J connectivity index is 1.14. The zero-order valence-electron chi connectivity index (χ0n) is 42.3. The number of hydrogen-bond acceptors (Lipinski definition) is 3. The predicted molar refractivity (Wildman–Crippen MR) is 297 cm³/mol. The van der Waals surface area contributed by atoms with E-state index < -0.39 is 0 Å². The largest absolute Gasteiger partial charge is 0.376 e. The van der Waals surface area contributed by atoms with Crippen LogP contribution in [-0.4, -0.2) is 12.4 Å². The lowest BCUT2D eigenvalue weighted by atomic mass is 9.43. The van der Waals surface area contributed by atoms with Gasteiger partial charge in [-0.1, -0.05) is 171 Å². The average molecular weight is 908 g/mol. The van der Waals surface area contributed by atoms with E-state index in [2.05, 4.69) is 241 Å². The number of anilines is 7. The summed E-state index contributed by atoms with van der Waals surface area (Å²) in [6, 6.07) is 63.5. The fourth-order valence-electron chi connectivity index (χ4n) is 14.8. The third-order valence-electron chi connectivity index (χ3n) is 18.7. The summed E-state index contributed by atoms with van der Waals surface area (Å²) in [6.45, 7) is 22.2. The number of rotatable bonds is 4. The minimum Gasteiger partial charge on any atom is -0.376 e. The molecule has 1 fully saturated rings. The molecule has 6 aliphatic rings. The molecular formula is C66H62BN3. The number of para-hydroxylation sites is 2. The minimum absolute atomic E-state index is 0.0402. The van der Waals surface area contributed by atoms with Gasteiger partial charge in [0, 0.05) is 61.6 Å². The highest BCUT2D eigenvalue weighted by atomic mass is 15.3. The van der Waals surface area contributed by atoms with Gasteiger partial charge in [-0.3, -0.25) is 0 Å². The van der Waals surface area contributed by atoms with Crippen molar-refractivity contribution in [1.82, 2.24) is 0 Å². The highest BCUT2D eigenvalue weighted by molar-refractivity contribution is 6.93. The molecule has 3 nitrogen and oxygen atoms in total. The van der Waals surface area contributed by atoms with Crippen LogP contribution in [0.15, 0.2) is 164 Å². The molecule has 1 saturated carbocycles. The number of nitrogens with zero attached hydrogens (tertiary/aromatic N) is 3. The van der Waals surface area contributed by atoms with Gasteiger partial charge in [0.1, 0.15) is 0 Å². The lowest BCUT2D eigenvalue weighted by molar-refractivity contribution is 0.195. The van der Waals surface area contributed by atoms with Gasteiger partial charge in [0.15, 0.2) is 0 Å². The van der Waals surface area contributed by atoms with Crippen LogP contribution in [0.3, 0.4) is 0 Å². The fourth-order valence-corrected chi connectivity index (χ4v) is 14.8. The van der Waals surface area contributed by atoms with Crippen molar-refractivity contribution in [2.45, 2.75) is 115 Å². The first kappa shape index (κ1) is 42.1. The highest BCUT2D eigenvalue weighted by Crippen LogP contribution is 2.64. The molecule has 0 radical (unpaired) electrons. The molecule has 0 amide bonds. The van der Waals surface area contributed by atoms with Crippen molar-refractivity contribution < 1.29 is 0 Å². The van der Waals surface area contributed by atoms with Crippen LogP contribution in [0, 0.1) is 0 Å². The SMILES string of the molecule is CC(C)(C)c1cc2c3c(c1)C1(C)CCCCC1(C)N3c1cc(N(c3ccccc3)c3ccccc3)cc3c1B2N(c1ccc2c(c1)C(C)(C)c1ccccc1-2)c1cc2c(cc1-3)-c1ccccc1C2(C)C. The van der Waals surface area contributed by atoms with Gasteiger partial charge in [0.05, 0.1) is 5.54 Å². The van der Waals surface area contributed by atoms with E-state index in [-0.39, 0.29) is 34.0 Å². The molecule has 3 aliphatic carbocycles. The Morgan fingerprint density at radius 3 is 1.71 bits per heavy atom. The van der Waals surface area contributed by atoms with Crippen LogP contribution < -0.4 is 25.5 Å². The lowest BCUT2D eigenvalue weighted by Crippen LogP contribution is -2.64. The van der Waals surface area contributed by atoms with Crippen molar-refractivity contribution in [2.24, 2.45) is 0 Å². The van der Waals surface area contributed by atoms with Gasteiger partial charge in [-0.15, -0.1) is 0 Å². The molecule has 0 saturated heterocycles. The van der Waals surface area contributed by atoms with Crippen molar-refractivity contribution in [3.63, 3.8) is 0 Å². The fraction of sp³-hybridized carbons (Fsp3) is 0.273. The third kappa shape index (κ3) is 5.32. The zero-order chi connectivity index (χ0) is 47.9. The van der Waals surface area contributed by atoms with E-state index in [0.717, 1.165) is 17.8 Å². The van der Waals surface area contributed by atoms with E-state index >= 15 is 0 Å². The summed E-state index contributed by atoms with van der Waals surface area (Å²) in [4.78, 5) is 8.23. The maximum absolute atomic E-state index is 2.91. The first-order valence-corrected chi connectivity index (χ1v) is 26.0. The molecule has 8 aromatic rings. The molecule has 344 valence electrons. The quantitative estimate of drug-likeness (QED) is 0.163. The van der Waals surface area contributed by atoms with Gasteiger partial charge < -0.3 is 14.6 Å². The molecule has 14 rings (SSSR count). The molecule has 4 heteroatoms. The first-order chi connectivity index (χ1) is 33.6. The van der Waals surface area contributed by atoms with E-state index in [1.54, 1.807) is 5.56 Å². The van der Waals surface area contributed by atoms with Crippen molar-refractivity contribution >= 4 is 57.6 Å². The van der Waals surface area contributed by atoms with Crippen LogP contribution in [0.25, 0.3) is 33.4 Å². The summed E-state index contributed by atoms with van der Waals surface area (Å²) in [7, 11) is 0. The van der Waals surface area contributed by atoms with Crippen LogP contribution in [-0.2, 0) is 21.7 Å². The summed E-state index contributed by atoms with van der Waals surface area (Å²) in [5, 5.41) is 0. The van der Waals surface area contributed by atoms with Crippen LogP contribution in [0.4, 0.5) is 39.8 Å². The second-order valence-electron chi connectivity index (χ2n) is 24.1. The molecule has 8 aromatic carbocycles. The topological polar surface area (TPSA) is 9.72 Å². The smallest absolute Gasteiger partial charge is 0.333 e. The van der Waals surface area contributed by atoms with Gasteiger partial charge in [0.25, 0.3) is 0 Å². The number of fused-ring (bicyclic) bond motifs is 13. The van der Waals surface area contributed by atoms with E-state index in [1.165, 1.54) is 120 Å². The maximum Gasteiger partial charge on any atom is 0.333 e. The van der Waals surface area contributed by atoms with Crippen molar-refractivity contribution in [3.05, 3.63) is 197 Å². The zero-order valence-corrected chi connectivity index (χ0v) is 42.3. The molecule has 0 spiro atoms. The Hall–Kier alpha value is -6.78. The normalized spacial score (nSPS) is 21.0. The van der Waals surface area contributed by atoms with Crippen LogP contribution in [0.5, 0.6) is 0 Å². The van der Waals surface area contributed by atoms with Gasteiger partial charge in [-0.25, -0.2) is 0 Å². The van der Waals surface area contributed by atoms with E-state index in [1.807, 2.05) is 0 Å². The molecule has 70 heavy (non-hydrogen) atoms. The summed E-state index contributed by atoms with van der Waals surface area (Å²) in [5.41, 5.74) is 27.8. The molecule has 3 aliphatic heterocycles. The summed E-state index contributed by atoms with van der Waals surface area (Å²) < 4.78 is 0. The molecule has 0 bridgehead atoms. The van der Waals surface area contributed by atoms with E-state index in [0.29, 0.717) is 0 Å². The van der Waals surface area contributed by atoms with Crippen molar-refractivity contribution in [3.8, 4) is 33.4 Å². The predicted octanol–water partition coefficient (Wildman–Crippen LogP) is 16.0.